The van der Waals surface area contributed by atoms with Crippen LogP contribution in [0.2, 0.25) is 0 Å². The quantitative estimate of drug-likeness (QED) is 0.686. The molecule has 0 saturated carbocycles. The monoisotopic (exact) mass is 260 g/mol. The Morgan fingerprint density at radius 3 is 2.75 bits per heavy atom. The number of hydrogen-bond donors (Lipinski definition) is 1. The van der Waals surface area contributed by atoms with E-state index in [0.29, 0.717) is 16.6 Å². The highest BCUT2D eigenvalue weighted by atomic mass is 35.5. The smallest absolute Gasteiger partial charge is 0.216 e. The largest absolute Gasteiger partial charge is 1.00 e. The molecule has 2 aromatic rings. The lowest BCUT2D eigenvalue weighted by atomic mass is 10.1. The van der Waals surface area contributed by atoms with Gasteiger partial charge in [0.25, 0.3) is 0 Å². The molecule has 2 rings (SSSR count). The number of benzene rings is 1. The number of anilines is 1. The average Bonchev–Trinajstić information content (AvgIpc) is 2.17. The van der Waals surface area contributed by atoms with Crippen molar-refractivity contribution in [2.24, 2.45) is 0 Å². The van der Waals surface area contributed by atoms with Crippen LogP contribution in [-0.2, 0) is 5.88 Å². The van der Waals surface area contributed by atoms with Crippen LogP contribution in [0.25, 0.3) is 10.9 Å². The fourth-order valence-electron chi connectivity index (χ4n) is 1.70. The number of rotatable bonds is 1. The summed E-state index contributed by atoms with van der Waals surface area (Å²) >= 11 is 5.77. The van der Waals surface area contributed by atoms with Crippen molar-refractivity contribution in [3.8, 4) is 0 Å². The first-order chi connectivity index (χ1) is 7.15. The minimum atomic E-state index is -0.326. The Morgan fingerprint density at radius 1 is 1.44 bits per heavy atom. The van der Waals surface area contributed by atoms with Gasteiger partial charge in [0.2, 0.25) is 5.52 Å². The van der Waals surface area contributed by atoms with Crippen molar-refractivity contribution in [1.82, 2.24) is 0 Å². The van der Waals surface area contributed by atoms with E-state index in [-0.39, 0.29) is 24.1 Å². The first kappa shape index (κ1) is 13.0. The summed E-state index contributed by atoms with van der Waals surface area (Å²) in [7, 11) is 0. The molecule has 1 aromatic carbocycles. The van der Waals surface area contributed by atoms with Gasteiger partial charge in [0.1, 0.15) is 11.2 Å². The number of fused-ring (bicyclic) bond motifs is 1. The molecule has 0 amide bonds. The lowest BCUT2D eigenvalue weighted by molar-refractivity contribution is -0.355. The van der Waals surface area contributed by atoms with E-state index in [1.807, 2.05) is 6.92 Å². The Morgan fingerprint density at radius 2 is 2.12 bits per heavy atom. The number of nitrogens with one attached hydrogen (secondary N) is 1. The van der Waals surface area contributed by atoms with E-state index in [2.05, 4.69) is 4.98 Å². The third kappa shape index (κ3) is 1.93. The van der Waals surface area contributed by atoms with Gasteiger partial charge in [-0.05, 0) is 6.07 Å². The van der Waals surface area contributed by atoms with Gasteiger partial charge >= 0.3 is 0 Å². The number of aromatic nitrogens is 1. The summed E-state index contributed by atoms with van der Waals surface area (Å²) in [5.74, 6) is -0.0500. The van der Waals surface area contributed by atoms with Gasteiger partial charge in [-0.15, -0.1) is 11.6 Å². The van der Waals surface area contributed by atoms with Crippen LogP contribution >= 0.6 is 11.6 Å². The van der Waals surface area contributed by atoms with Crippen LogP contribution in [0, 0.1) is 12.7 Å². The second-order valence-corrected chi connectivity index (χ2v) is 3.71. The van der Waals surface area contributed by atoms with Crippen molar-refractivity contribution in [1.29, 1.82) is 0 Å². The lowest BCUT2D eigenvalue weighted by Gasteiger charge is -2.05. The van der Waals surface area contributed by atoms with Crippen molar-refractivity contribution in [3.63, 3.8) is 0 Å². The van der Waals surface area contributed by atoms with E-state index in [9.17, 15) is 4.39 Å². The van der Waals surface area contributed by atoms with Crippen molar-refractivity contribution >= 4 is 28.2 Å². The van der Waals surface area contributed by atoms with Gasteiger partial charge in [0.05, 0.1) is 17.1 Å². The molecule has 0 atom stereocenters. The van der Waals surface area contributed by atoms with E-state index >= 15 is 0 Å². The van der Waals surface area contributed by atoms with E-state index in [1.54, 1.807) is 12.1 Å². The number of H-pyrrole nitrogens is 1. The van der Waals surface area contributed by atoms with E-state index < -0.39 is 0 Å². The molecular weight excluding hydrogens is 250 g/mol. The third-order valence-electron chi connectivity index (χ3n) is 2.52. The average molecular weight is 261 g/mol. The maximum Gasteiger partial charge on any atom is 0.216 e. The highest BCUT2D eigenvalue weighted by Gasteiger charge is 2.16. The van der Waals surface area contributed by atoms with Gasteiger partial charge in [0, 0.05) is 13.0 Å². The molecule has 0 saturated heterocycles. The maximum atomic E-state index is 13.6. The predicted molar refractivity (Wildman–Crippen MR) is 59.2 cm³/mol. The molecule has 1 aromatic heterocycles. The molecule has 0 spiro atoms. The summed E-state index contributed by atoms with van der Waals surface area (Å²) in [6.07, 6.45) is 0. The number of aromatic amines is 1. The third-order valence-corrected chi connectivity index (χ3v) is 2.78. The summed E-state index contributed by atoms with van der Waals surface area (Å²) in [4.78, 5) is 3.09. The van der Waals surface area contributed by atoms with Gasteiger partial charge < -0.3 is 18.1 Å². The Bertz CT molecular complexity index is 529. The van der Waals surface area contributed by atoms with Gasteiger partial charge in [-0.25, -0.2) is 9.37 Å². The highest BCUT2D eigenvalue weighted by molar-refractivity contribution is 6.17. The summed E-state index contributed by atoms with van der Waals surface area (Å²) in [5.41, 5.74) is 8.64. The second-order valence-electron chi connectivity index (χ2n) is 3.44. The number of aryl methyl sites for hydroxylation is 1. The molecule has 2 nitrogen and oxygen atoms in total. The maximum absolute atomic E-state index is 13.6. The molecule has 0 aliphatic carbocycles. The summed E-state index contributed by atoms with van der Waals surface area (Å²) in [5, 5.41) is 0.416. The first-order valence-electron chi connectivity index (χ1n) is 4.59. The molecular formula is C11H11Cl2FN2. The topological polar surface area (TPSA) is 40.2 Å². The normalized spacial score (nSPS) is 10.2. The van der Waals surface area contributed by atoms with Crippen LogP contribution < -0.4 is 23.1 Å². The number of hydrogen-bond acceptors (Lipinski definition) is 1. The lowest BCUT2D eigenvalue weighted by Crippen LogP contribution is -3.00. The SMILES string of the molecule is Cc1[nH+]c2cccc(F)c2c(N)c1CCl.[Cl-]. The molecule has 0 aliphatic rings. The Hall–Kier alpha value is -1.06. The van der Waals surface area contributed by atoms with Crippen molar-refractivity contribution in [3.05, 3.63) is 35.3 Å². The number of alkyl halides is 1. The minimum absolute atomic E-state index is 0. The van der Waals surface area contributed by atoms with Gasteiger partial charge in [0.15, 0.2) is 5.69 Å². The molecule has 5 heteroatoms. The van der Waals surface area contributed by atoms with E-state index in [1.165, 1.54) is 6.07 Å². The van der Waals surface area contributed by atoms with Crippen LogP contribution in [0.4, 0.5) is 10.1 Å². The van der Waals surface area contributed by atoms with Crippen LogP contribution in [0.3, 0.4) is 0 Å². The fraction of sp³-hybridized carbons (Fsp3) is 0.182. The van der Waals surface area contributed by atoms with Crippen molar-refractivity contribution in [2.45, 2.75) is 12.8 Å². The number of pyridine rings is 1. The Balaban J connectivity index is 0.00000128. The van der Waals surface area contributed by atoms with Gasteiger partial charge in [-0.2, -0.15) is 0 Å². The number of halogens is 3. The molecule has 0 fully saturated rings. The van der Waals surface area contributed by atoms with Crippen molar-refractivity contribution < 1.29 is 21.8 Å². The molecule has 16 heavy (non-hydrogen) atoms. The number of nitrogen functional groups attached to an aromatic ring is 1. The molecule has 3 N–H and O–H groups in total. The molecule has 0 bridgehead atoms. The minimum Gasteiger partial charge on any atom is -1.00 e. The second kappa shape index (κ2) is 4.85. The van der Waals surface area contributed by atoms with Crippen LogP contribution in [0.5, 0.6) is 0 Å². The highest BCUT2D eigenvalue weighted by Crippen LogP contribution is 2.26. The molecule has 0 radical (unpaired) electrons. The van der Waals surface area contributed by atoms with Crippen LogP contribution in [0.15, 0.2) is 18.2 Å². The standard InChI is InChI=1S/C11H10ClFN2.ClH/c1-6-7(5-12)11(14)10-8(13)3-2-4-9(10)15-6;/h2-4H,5H2,1H3,(H2,14,15);1H. The van der Waals surface area contributed by atoms with E-state index in [0.717, 1.165) is 11.3 Å². The zero-order valence-electron chi connectivity index (χ0n) is 8.65. The molecule has 0 aliphatic heterocycles. The van der Waals surface area contributed by atoms with E-state index in [4.69, 9.17) is 17.3 Å². The van der Waals surface area contributed by atoms with Crippen LogP contribution in [0.1, 0.15) is 11.3 Å². The zero-order chi connectivity index (χ0) is 11.0. The fourth-order valence-corrected chi connectivity index (χ4v) is 2.05. The van der Waals surface area contributed by atoms with Gasteiger partial charge in [-0.3, -0.25) is 0 Å². The summed E-state index contributed by atoms with van der Waals surface area (Å²) in [6.45, 7) is 1.87. The summed E-state index contributed by atoms with van der Waals surface area (Å²) in [6, 6.07) is 4.83. The van der Waals surface area contributed by atoms with Crippen molar-refractivity contribution in [2.75, 3.05) is 5.73 Å². The Labute approximate surface area is 104 Å². The molecule has 1 heterocycles. The molecule has 86 valence electrons. The first-order valence-corrected chi connectivity index (χ1v) is 5.13. The van der Waals surface area contributed by atoms with Crippen LogP contribution in [-0.4, -0.2) is 0 Å². The zero-order valence-corrected chi connectivity index (χ0v) is 10.2. The predicted octanol–water partition coefficient (Wildman–Crippen LogP) is -0.574. The Kier molecular flexibility index (Phi) is 3.94. The summed E-state index contributed by atoms with van der Waals surface area (Å²) < 4.78 is 13.6. The molecule has 0 unspecified atom stereocenters. The number of nitrogens with two attached hydrogens (primary N) is 1. The van der Waals surface area contributed by atoms with Gasteiger partial charge in [-0.1, -0.05) is 6.07 Å².